The summed E-state index contributed by atoms with van der Waals surface area (Å²) in [6, 6.07) is 0. The van der Waals surface area contributed by atoms with Crippen molar-refractivity contribution in [3.8, 4) is 0 Å². The average Bonchev–Trinajstić information content (AvgIpc) is 2.15. The van der Waals surface area contributed by atoms with Gasteiger partial charge in [-0.25, -0.2) is 0 Å². The molecule has 0 amide bonds. The molecule has 0 spiro atoms. The Labute approximate surface area is 56.9 Å². The van der Waals surface area contributed by atoms with E-state index in [0.717, 1.165) is 11.0 Å². The first-order chi connectivity index (χ1) is 4.19. The predicted octanol–water partition coefficient (Wildman–Crippen LogP) is 1.88. The topological polar surface area (TPSA) is 0 Å². The molecule has 0 aromatic heterocycles. The van der Waals surface area contributed by atoms with Crippen molar-refractivity contribution in [2.45, 2.75) is 13.8 Å². The lowest BCUT2D eigenvalue weighted by Gasteiger charge is -2.25. The number of nitrogens with zero attached hydrogens (tertiary/aromatic N) is 1. The molecule has 0 radical (unpaired) electrons. The molecule has 1 aliphatic heterocycles. The molecule has 50 valence electrons. The van der Waals surface area contributed by atoms with E-state index in [1.165, 1.54) is 5.70 Å². The number of quaternary nitrogens is 1. The molecule has 0 aromatic carbocycles. The summed E-state index contributed by atoms with van der Waals surface area (Å²) in [5.41, 5.74) is 1.43. The first-order valence-electron chi connectivity index (χ1n) is 3.41. The summed E-state index contributed by atoms with van der Waals surface area (Å²) in [7, 11) is 2.22. The molecule has 1 nitrogen and oxygen atoms in total. The van der Waals surface area contributed by atoms with E-state index in [1.807, 2.05) is 0 Å². The molecule has 0 fully saturated rings. The molecule has 1 unspecified atom stereocenters. The lowest BCUT2D eigenvalue weighted by Crippen LogP contribution is -2.33. The third-order valence-corrected chi connectivity index (χ3v) is 2.22. The fourth-order valence-electron chi connectivity index (χ4n) is 1.01. The van der Waals surface area contributed by atoms with E-state index in [-0.39, 0.29) is 0 Å². The number of rotatable bonds is 1. The van der Waals surface area contributed by atoms with Crippen LogP contribution in [-0.2, 0) is 0 Å². The Morgan fingerprint density at radius 1 is 1.56 bits per heavy atom. The third kappa shape index (κ3) is 0.924. The summed E-state index contributed by atoms with van der Waals surface area (Å²) in [5.74, 6) is 0. The van der Waals surface area contributed by atoms with Crippen LogP contribution in [0.2, 0.25) is 0 Å². The third-order valence-electron chi connectivity index (χ3n) is 2.22. The Bertz CT molecular complexity index is 167. The van der Waals surface area contributed by atoms with Gasteiger partial charge in [-0.2, -0.15) is 0 Å². The van der Waals surface area contributed by atoms with E-state index in [9.17, 15) is 0 Å². The lowest BCUT2D eigenvalue weighted by molar-refractivity contribution is -0.815. The van der Waals surface area contributed by atoms with Gasteiger partial charge in [-0.15, -0.1) is 0 Å². The van der Waals surface area contributed by atoms with Gasteiger partial charge in [0, 0.05) is 6.92 Å². The van der Waals surface area contributed by atoms with Crippen LogP contribution in [0.3, 0.4) is 0 Å². The molecule has 1 heterocycles. The van der Waals surface area contributed by atoms with E-state index in [0.29, 0.717) is 0 Å². The largest absolute Gasteiger partial charge is 0.271 e. The van der Waals surface area contributed by atoms with E-state index >= 15 is 0 Å². The van der Waals surface area contributed by atoms with Gasteiger partial charge in [0.25, 0.3) is 0 Å². The van der Waals surface area contributed by atoms with Gasteiger partial charge in [0.05, 0.1) is 13.6 Å². The molecule has 0 N–H and O–H groups in total. The van der Waals surface area contributed by atoms with E-state index in [2.05, 4.69) is 39.2 Å². The van der Waals surface area contributed by atoms with Gasteiger partial charge in [0.1, 0.15) is 11.9 Å². The van der Waals surface area contributed by atoms with Crippen LogP contribution in [0.5, 0.6) is 0 Å². The number of allylic oxidation sites excluding steroid dienone is 3. The van der Waals surface area contributed by atoms with Gasteiger partial charge in [0.15, 0.2) is 0 Å². The average molecular weight is 124 g/mol. The minimum atomic E-state index is 0.986. The van der Waals surface area contributed by atoms with Gasteiger partial charge < -0.3 is 0 Å². The Kier molecular flexibility index (Phi) is 1.45. The minimum absolute atomic E-state index is 0.986. The van der Waals surface area contributed by atoms with Crippen molar-refractivity contribution >= 4 is 0 Å². The van der Waals surface area contributed by atoms with Gasteiger partial charge in [-0.1, -0.05) is 0 Å². The Hall–Kier alpha value is -0.560. The van der Waals surface area contributed by atoms with Gasteiger partial charge in [-0.05, 0) is 19.1 Å². The monoisotopic (exact) mass is 124 g/mol. The molecule has 9 heavy (non-hydrogen) atoms. The maximum atomic E-state index is 2.22. The standard InChI is InChI=1S/C8H14N/c1-4-9(3)7-5-6-8(9)2/h5-7H,4H2,1-3H3/q+1. The molecular weight excluding hydrogens is 110 g/mol. The highest BCUT2D eigenvalue weighted by Crippen LogP contribution is 2.19. The summed E-state index contributed by atoms with van der Waals surface area (Å²) in [4.78, 5) is 0. The van der Waals surface area contributed by atoms with Crippen molar-refractivity contribution in [2.75, 3.05) is 13.6 Å². The zero-order valence-electron chi connectivity index (χ0n) is 6.39. The van der Waals surface area contributed by atoms with Crippen molar-refractivity contribution < 1.29 is 4.48 Å². The van der Waals surface area contributed by atoms with Gasteiger partial charge in [-0.3, -0.25) is 4.48 Å². The van der Waals surface area contributed by atoms with Crippen molar-refractivity contribution in [3.05, 3.63) is 24.0 Å². The summed E-state index contributed by atoms with van der Waals surface area (Å²) in [6.45, 7) is 5.52. The fourth-order valence-corrected chi connectivity index (χ4v) is 1.01. The molecule has 1 rings (SSSR count). The van der Waals surface area contributed by atoms with Crippen LogP contribution in [0.4, 0.5) is 0 Å². The van der Waals surface area contributed by atoms with Crippen molar-refractivity contribution in [1.82, 2.24) is 0 Å². The number of hydrogen-bond donors (Lipinski definition) is 0. The van der Waals surface area contributed by atoms with Crippen LogP contribution >= 0.6 is 0 Å². The summed E-state index contributed by atoms with van der Waals surface area (Å²) in [5, 5.41) is 0. The molecule has 0 aliphatic carbocycles. The SMILES string of the molecule is CC[N+]1(C)C=CC=C1C. The van der Waals surface area contributed by atoms with Gasteiger partial charge in [0.2, 0.25) is 0 Å². The van der Waals surface area contributed by atoms with Crippen LogP contribution in [0.25, 0.3) is 0 Å². The Morgan fingerprint density at radius 3 is 2.44 bits per heavy atom. The molecular formula is C8H14N+. The summed E-state index contributed by atoms with van der Waals surface area (Å²) < 4.78 is 0.986. The second-order valence-corrected chi connectivity index (χ2v) is 2.73. The van der Waals surface area contributed by atoms with Gasteiger partial charge >= 0.3 is 0 Å². The lowest BCUT2D eigenvalue weighted by atomic mass is 10.4. The van der Waals surface area contributed by atoms with E-state index in [4.69, 9.17) is 0 Å². The van der Waals surface area contributed by atoms with Crippen molar-refractivity contribution in [2.24, 2.45) is 0 Å². The second-order valence-electron chi connectivity index (χ2n) is 2.73. The van der Waals surface area contributed by atoms with E-state index in [1.54, 1.807) is 0 Å². The molecule has 1 atom stereocenters. The predicted molar refractivity (Wildman–Crippen MR) is 39.6 cm³/mol. The fraction of sp³-hybridized carbons (Fsp3) is 0.500. The van der Waals surface area contributed by atoms with Crippen LogP contribution in [0.15, 0.2) is 24.0 Å². The first kappa shape index (κ1) is 6.56. The molecule has 1 heteroatoms. The van der Waals surface area contributed by atoms with Crippen molar-refractivity contribution in [3.63, 3.8) is 0 Å². The quantitative estimate of drug-likeness (QED) is 0.468. The van der Waals surface area contributed by atoms with Crippen LogP contribution in [0, 0.1) is 0 Å². The summed E-state index contributed by atoms with van der Waals surface area (Å²) >= 11 is 0. The smallest absolute Gasteiger partial charge is 0.110 e. The van der Waals surface area contributed by atoms with Crippen LogP contribution in [-0.4, -0.2) is 18.1 Å². The maximum absolute atomic E-state index is 2.22. The highest BCUT2D eigenvalue weighted by atomic mass is 15.3. The van der Waals surface area contributed by atoms with E-state index < -0.39 is 0 Å². The molecule has 0 bridgehead atoms. The molecule has 0 saturated carbocycles. The Balaban J connectivity index is 2.82. The minimum Gasteiger partial charge on any atom is -0.271 e. The first-order valence-corrected chi connectivity index (χ1v) is 3.41. The zero-order valence-corrected chi connectivity index (χ0v) is 6.39. The Morgan fingerprint density at radius 2 is 2.22 bits per heavy atom. The maximum Gasteiger partial charge on any atom is 0.110 e. The second kappa shape index (κ2) is 1.99. The zero-order chi connectivity index (χ0) is 6.91. The van der Waals surface area contributed by atoms with Crippen molar-refractivity contribution in [1.29, 1.82) is 0 Å². The highest BCUT2D eigenvalue weighted by Gasteiger charge is 2.21. The summed E-state index contributed by atoms with van der Waals surface area (Å²) in [6.07, 6.45) is 6.51. The normalized spacial score (nSPS) is 33.0. The molecule has 0 aromatic rings. The number of hydrogen-bond acceptors (Lipinski definition) is 0. The highest BCUT2D eigenvalue weighted by molar-refractivity contribution is 5.10. The van der Waals surface area contributed by atoms with Crippen LogP contribution < -0.4 is 0 Å². The van der Waals surface area contributed by atoms with Crippen LogP contribution in [0.1, 0.15) is 13.8 Å². The molecule has 1 aliphatic rings. The molecule has 0 saturated heterocycles.